The summed E-state index contributed by atoms with van der Waals surface area (Å²) in [5.41, 5.74) is 1.30. The fraction of sp³-hybridized carbons (Fsp3) is 0.500. The van der Waals surface area contributed by atoms with Crippen LogP contribution in [-0.2, 0) is 6.42 Å². The number of hydrogen-bond donors (Lipinski definition) is 1. The fourth-order valence-electron chi connectivity index (χ4n) is 1.50. The number of hydrogen-bond acceptors (Lipinski definition) is 1. The van der Waals surface area contributed by atoms with E-state index < -0.39 is 6.17 Å². The molecule has 0 heterocycles. The molecule has 0 bridgehead atoms. The third kappa shape index (κ3) is 4.38. The van der Waals surface area contributed by atoms with E-state index >= 15 is 0 Å². The van der Waals surface area contributed by atoms with E-state index in [2.05, 4.69) is 17.4 Å². The van der Waals surface area contributed by atoms with E-state index in [0.29, 0.717) is 13.0 Å². The maximum absolute atomic E-state index is 13.0. The number of nitrogens with one attached hydrogen (secondary N) is 1. The topological polar surface area (TPSA) is 12.0 Å². The largest absolute Gasteiger partial charge is 0.317 e. The molecule has 1 aromatic rings. The highest BCUT2D eigenvalue weighted by Crippen LogP contribution is 2.07. The molecule has 0 aromatic heterocycles. The third-order valence-electron chi connectivity index (χ3n) is 2.25. The Bertz CT molecular complexity index is 235. The van der Waals surface area contributed by atoms with E-state index in [-0.39, 0.29) is 0 Å². The van der Waals surface area contributed by atoms with Gasteiger partial charge in [-0.2, -0.15) is 0 Å². The standard InChI is InChI=1S/C12H18FN/c1-14-10-12(13)9-5-8-11-6-3-2-4-7-11/h2-4,6-7,12,14H,5,8-10H2,1H3/t12-/m1/s1. The first kappa shape index (κ1) is 11.2. The Morgan fingerprint density at radius 2 is 2.00 bits per heavy atom. The summed E-state index contributed by atoms with van der Waals surface area (Å²) in [6.45, 7) is 0.467. The first-order chi connectivity index (χ1) is 6.83. The highest BCUT2D eigenvalue weighted by atomic mass is 19.1. The van der Waals surface area contributed by atoms with Crippen LogP contribution in [0.4, 0.5) is 4.39 Å². The molecule has 1 rings (SSSR count). The third-order valence-corrected chi connectivity index (χ3v) is 2.25. The summed E-state index contributed by atoms with van der Waals surface area (Å²) < 4.78 is 13.0. The normalized spacial score (nSPS) is 12.7. The van der Waals surface area contributed by atoms with Gasteiger partial charge in [-0.1, -0.05) is 30.3 Å². The summed E-state index contributed by atoms with van der Waals surface area (Å²) >= 11 is 0. The summed E-state index contributed by atoms with van der Waals surface area (Å²) in [7, 11) is 1.78. The molecular weight excluding hydrogens is 177 g/mol. The molecule has 1 nitrogen and oxygen atoms in total. The van der Waals surface area contributed by atoms with Gasteiger partial charge in [-0.3, -0.25) is 0 Å². The van der Waals surface area contributed by atoms with Crippen LogP contribution in [0.1, 0.15) is 18.4 Å². The Morgan fingerprint density at radius 3 is 2.64 bits per heavy atom. The van der Waals surface area contributed by atoms with Gasteiger partial charge in [0.15, 0.2) is 0 Å². The lowest BCUT2D eigenvalue weighted by Gasteiger charge is -2.06. The molecule has 0 saturated carbocycles. The molecule has 1 atom stereocenters. The Balaban J connectivity index is 2.16. The van der Waals surface area contributed by atoms with E-state index in [1.165, 1.54) is 5.56 Å². The van der Waals surface area contributed by atoms with Crippen molar-refractivity contribution in [2.45, 2.75) is 25.4 Å². The Labute approximate surface area is 85.3 Å². The van der Waals surface area contributed by atoms with Crippen LogP contribution in [-0.4, -0.2) is 19.8 Å². The molecule has 0 aliphatic rings. The number of alkyl halides is 1. The molecule has 78 valence electrons. The van der Waals surface area contributed by atoms with Crippen molar-refractivity contribution < 1.29 is 4.39 Å². The Kier molecular flexibility index (Phi) is 5.23. The van der Waals surface area contributed by atoms with E-state index in [9.17, 15) is 4.39 Å². The number of halogens is 1. The molecule has 2 heteroatoms. The van der Waals surface area contributed by atoms with Gasteiger partial charge in [0.2, 0.25) is 0 Å². The number of benzene rings is 1. The van der Waals surface area contributed by atoms with Crippen molar-refractivity contribution in [2.75, 3.05) is 13.6 Å². The van der Waals surface area contributed by atoms with Gasteiger partial charge >= 0.3 is 0 Å². The summed E-state index contributed by atoms with van der Waals surface area (Å²) in [6, 6.07) is 10.2. The monoisotopic (exact) mass is 195 g/mol. The Morgan fingerprint density at radius 1 is 1.29 bits per heavy atom. The van der Waals surface area contributed by atoms with E-state index in [1.807, 2.05) is 18.2 Å². The van der Waals surface area contributed by atoms with Crippen LogP contribution in [0.2, 0.25) is 0 Å². The maximum atomic E-state index is 13.0. The minimum Gasteiger partial charge on any atom is -0.317 e. The van der Waals surface area contributed by atoms with Crippen LogP contribution < -0.4 is 5.32 Å². The predicted molar refractivity (Wildman–Crippen MR) is 58.2 cm³/mol. The van der Waals surface area contributed by atoms with Crippen LogP contribution in [0.3, 0.4) is 0 Å². The maximum Gasteiger partial charge on any atom is 0.112 e. The van der Waals surface area contributed by atoms with Gasteiger partial charge in [-0.15, -0.1) is 0 Å². The van der Waals surface area contributed by atoms with Crippen molar-refractivity contribution in [3.05, 3.63) is 35.9 Å². The first-order valence-corrected chi connectivity index (χ1v) is 5.15. The van der Waals surface area contributed by atoms with Crippen LogP contribution >= 0.6 is 0 Å². The molecule has 1 N–H and O–H groups in total. The van der Waals surface area contributed by atoms with E-state index in [1.54, 1.807) is 7.05 Å². The highest BCUT2D eigenvalue weighted by molar-refractivity contribution is 5.14. The average molecular weight is 195 g/mol. The summed E-state index contributed by atoms with van der Waals surface area (Å²) in [5.74, 6) is 0. The zero-order valence-electron chi connectivity index (χ0n) is 8.67. The van der Waals surface area contributed by atoms with Crippen LogP contribution in [0.25, 0.3) is 0 Å². The smallest absolute Gasteiger partial charge is 0.112 e. The molecule has 0 unspecified atom stereocenters. The molecule has 0 radical (unpaired) electrons. The lowest BCUT2D eigenvalue weighted by molar-refractivity contribution is 0.302. The molecule has 0 aliphatic carbocycles. The zero-order valence-corrected chi connectivity index (χ0v) is 8.67. The summed E-state index contributed by atoms with van der Waals surface area (Å²) in [6.07, 6.45) is 1.84. The Hall–Kier alpha value is -0.890. The number of aryl methyl sites for hydroxylation is 1. The lowest BCUT2D eigenvalue weighted by atomic mass is 10.1. The van der Waals surface area contributed by atoms with Gasteiger partial charge in [-0.25, -0.2) is 4.39 Å². The second kappa shape index (κ2) is 6.55. The minimum atomic E-state index is -0.705. The summed E-state index contributed by atoms with van der Waals surface area (Å²) in [5, 5.41) is 2.84. The number of rotatable bonds is 6. The SMILES string of the molecule is CNC[C@H](F)CCCc1ccccc1. The lowest BCUT2D eigenvalue weighted by Crippen LogP contribution is -2.19. The molecule has 14 heavy (non-hydrogen) atoms. The van der Waals surface area contributed by atoms with Gasteiger partial charge in [0.25, 0.3) is 0 Å². The molecular formula is C12H18FN. The van der Waals surface area contributed by atoms with Gasteiger partial charge in [0.05, 0.1) is 0 Å². The fourth-order valence-corrected chi connectivity index (χ4v) is 1.50. The van der Waals surface area contributed by atoms with Crippen LogP contribution in [0.15, 0.2) is 30.3 Å². The van der Waals surface area contributed by atoms with Crippen LogP contribution in [0, 0.1) is 0 Å². The second-order valence-electron chi connectivity index (χ2n) is 3.53. The van der Waals surface area contributed by atoms with Gasteiger partial charge in [0.1, 0.15) is 6.17 Å². The van der Waals surface area contributed by atoms with E-state index in [4.69, 9.17) is 0 Å². The zero-order chi connectivity index (χ0) is 10.2. The molecule has 1 aromatic carbocycles. The highest BCUT2D eigenvalue weighted by Gasteiger charge is 2.03. The minimum absolute atomic E-state index is 0.467. The molecule has 0 spiro atoms. The quantitative estimate of drug-likeness (QED) is 0.735. The van der Waals surface area contributed by atoms with Gasteiger partial charge in [-0.05, 0) is 31.9 Å². The van der Waals surface area contributed by atoms with Crippen LogP contribution in [0.5, 0.6) is 0 Å². The predicted octanol–water partition coefficient (Wildman–Crippen LogP) is 2.57. The van der Waals surface area contributed by atoms with Crippen molar-refractivity contribution in [1.82, 2.24) is 5.32 Å². The van der Waals surface area contributed by atoms with Crippen molar-refractivity contribution in [3.8, 4) is 0 Å². The van der Waals surface area contributed by atoms with Gasteiger partial charge in [0, 0.05) is 6.54 Å². The first-order valence-electron chi connectivity index (χ1n) is 5.15. The molecule has 0 fully saturated rings. The van der Waals surface area contributed by atoms with Crippen molar-refractivity contribution in [2.24, 2.45) is 0 Å². The van der Waals surface area contributed by atoms with Crippen molar-refractivity contribution in [3.63, 3.8) is 0 Å². The second-order valence-corrected chi connectivity index (χ2v) is 3.53. The molecule has 0 saturated heterocycles. The molecule has 0 aliphatic heterocycles. The van der Waals surface area contributed by atoms with Crippen molar-refractivity contribution >= 4 is 0 Å². The van der Waals surface area contributed by atoms with E-state index in [0.717, 1.165) is 12.8 Å². The van der Waals surface area contributed by atoms with Gasteiger partial charge < -0.3 is 5.32 Å². The average Bonchev–Trinajstić information content (AvgIpc) is 2.20. The summed E-state index contributed by atoms with van der Waals surface area (Å²) in [4.78, 5) is 0. The van der Waals surface area contributed by atoms with Crippen molar-refractivity contribution in [1.29, 1.82) is 0 Å². The molecule has 0 amide bonds.